The number of rotatable bonds is 5. The molecular formula is C25H28N4O5. The van der Waals surface area contributed by atoms with Crippen LogP contribution in [0.1, 0.15) is 12.8 Å². The molecule has 2 fully saturated rings. The standard InChI is InChI=1S/C25H28N4O5/c30-23(26-18-7-9-19(10-8-18)29-11-3-6-24(29)31)17-28-16-22(25(32)27-12-14-33-15-13-27)34-21-5-2-1-4-20(21)28/h1-2,4-5,7-10,22H,3,6,11-17H2,(H,26,30)/t22-/m0/s1. The lowest BCUT2D eigenvalue weighted by atomic mass is 10.1. The van der Waals surface area contributed by atoms with Gasteiger partial charge >= 0.3 is 0 Å². The fraction of sp³-hybridized carbons (Fsp3) is 0.400. The first-order valence-electron chi connectivity index (χ1n) is 11.7. The Morgan fingerprint density at radius 2 is 1.76 bits per heavy atom. The van der Waals surface area contributed by atoms with E-state index in [1.165, 1.54) is 0 Å². The van der Waals surface area contributed by atoms with Gasteiger partial charge in [0, 0.05) is 37.4 Å². The van der Waals surface area contributed by atoms with Crippen molar-refractivity contribution in [2.75, 3.05) is 61.1 Å². The summed E-state index contributed by atoms with van der Waals surface area (Å²) in [7, 11) is 0. The molecule has 34 heavy (non-hydrogen) atoms. The molecule has 2 aromatic carbocycles. The maximum atomic E-state index is 13.0. The number of nitrogens with one attached hydrogen (secondary N) is 1. The molecule has 9 nitrogen and oxygen atoms in total. The fourth-order valence-electron chi connectivity index (χ4n) is 4.59. The van der Waals surface area contributed by atoms with Gasteiger partial charge in [-0.15, -0.1) is 0 Å². The Morgan fingerprint density at radius 3 is 2.50 bits per heavy atom. The normalized spacial score (nSPS) is 20.1. The highest BCUT2D eigenvalue weighted by atomic mass is 16.5. The molecule has 0 radical (unpaired) electrons. The van der Waals surface area contributed by atoms with Crippen molar-refractivity contribution in [2.24, 2.45) is 0 Å². The minimum Gasteiger partial charge on any atom is -0.477 e. The molecule has 3 heterocycles. The number of fused-ring (bicyclic) bond motifs is 1. The lowest BCUT2D eigenvalue weighted by Crippen LogP contribution is -2.53. The molecule has 9 heteroatoms. The second-order valence-electron chi connectivity index (χ2n) is 8.64. The maximum Gasteiger partial charge on any atom is 0.265 e. The number of para-hydroxylation sites is 2. The molecule has 3 aliphatic rings. The van der Waals surface area contributed by atoms with Crippen LogP contribution in [-0.4, -0.2) is 74.7 Å². The van der Waals surface area contributed by atoms with E-state index >= 15 is 0 Å². The number of ether oxygens (including phenoxy) is 2. The van der Waals surface area contributed by atoms with Crippen molar-refractivity contribution >= 4 is 34.8 Å². The van der Waals surface area contributed by atoms with Crippen LogP contribution in [0.5, 0.6) is 5.75 Å². The number of morpholine rings is 1. The van der Waals surface area contributed by atoms with Crippen LogP contribution in [0, 0.1) is 0 Å². The van der Waals surface area contributed by atoms with Gasteiger partial charge in [-0.05, 0) is 42.8 Å². The summed E-state index contributed by atoms with van der Waals surface area (Å²) in [5.41, 5.74) is 2.28. The van der Waals surface area contributed by atoms with Crippen LogP contribution in [0.3, 0.4) is 0 Å². The minimum atomic E-state index is -0.682. The predicted molar refractivity (Wildman–Crippen MR) is 127 cm³/mol. The summed E-state index contributed by atoms with van der Waals surface area (Å²) >= 11 is 0. The molecule has 5 rings (SSSR count). The third-order valence-electron chi connectivity index (χ3n) is 6.33. The van der Waals surface area contributed by atoms with Gasteiger partial charge in [0.1, 0.15) is 5.75 Å². The van der Waals surface area contributed by atoms with Crippen LogP contribution >= 0.6 is 0 Å². The zero-order valence-electron chi connectivity index (χ0n) is 18.9. The lowest BCUT2D eigenvalue weighted by molar-refractivity contribution is -0.142. The molecule has 3 amide bonds. The Hall–Kier alpha value is -3.59. The number of hydrogen-bond donors (Lipinski definition) is 1. The van der Waals surface area contributed by atoms with Crippen molar-refractivity contribution < 1.29 is 23.9 Å². The van der Waals surface area contributed by atoms with Crippen LogP contribution in [0.2, 0.25) is 0 Å². The van der Waals surface area contributed by atoms with E-state index in [4.69, 9.17) is 9.47 Å². The van der Waals surface area contributed by atoms with Crippen molar-refractivity contribution in [1.82, 2.24) is 4.90 Å². The number of carbonyl (C=O) groups excluding carboxylic acids is 3. The van der Waals surface area contributed by atoms with Gasteiger partial charge < -0.3 is 29.5 Å². The zero-order chi connectivity index (χ0) is 23.5. The SMILES string of the molecule is O=C(CN1C[C@@H](C(=O)N2CCOCC2)Oc2ccccc21)Nc1ccc(N2CCCC2=O)cc1. The molecule has 2 aromatic rings. The number of benzene rings is 2. The molecular weight excluding hydrogens is 436 g/mol. The number of nitrogens with zero attached hydrogens (tertiary/aromatic N) is 3. The summed E-state index contributed by atoms with van der Waals surface area (Å²) in [4.78, 5) is 43.3. The largest absolute Gasteiger partial charge is 0.477 e. The molecule has 0 unspecified atom stereocenters. The van der Waals surface area contributed by atoms with Gasteiger partial charge in [0.05, 0.1) is 32.0 Å². The van der Waals surface area contributed by atoms with E-state index in [9.17, 15) is 14.4 Å². The smallest absolute Gasteiger partial charge is 0.265 e. The molecule has 2 saturated heterocycles. The van der Waals surface area contributed by atoms with Gasteiger partial charge in [-0.2, -0.15) is 0 Å². The van der Waals surface area contributed by atoms with Crippen molar-refractivity contribution in [3.63, 3.8) is 0 Å². The van der Waals surface area contributed by atoms with Gasteiger partial charge in [-0.1, -0.05) is 12.1 Å². The molecule has 178 valence electrons. The van der Waals surface area contributed by atoms with E-state index < -0.39 is 6.10 Å². The Labute approximate surface area is 198 Å². The summed E-state index contributed by atoms with van der Waals surface area (Å²) < 4.78 is 11.4. The third kappa shape index (κ3) is 4.70. The first-order valence-corrected chi connectivity index (χ1v) is 11.7. The quantitative estimate of drug-likeness (QED) is 0.727. The van der Waals surface area contributed by atoms with Gasteiger partial charge in [0.2, 0.25) is 11.8 Å². The Kier molecular flexibility index (Phi) is 6.35. The maximum absolute atomic E-state index is 13.0. The highest BCUT2D eigenvalue weighted by molar-refractivity contribution is 5.97. The Bertz CT molecular complexity index is 1070. The zero-order valence-corrected chi connectivity index (χ0v) is 18.9. The number of anilines is 3. The predicted octanol–water partition coefficient (Wildman–Crippen LogP) is 1.88. The molecule has 0 bridgehead atoms. The van der Waals surface area contributed by atoms with Gasteiger partial charge in [-0.3, -0.25) is 14.4 Å². The Morgan fingerprint density at radius 1 is 1.00 bits per heavy atom. The van der Waals surface area contributed by atoms with Crippen LogP contribution in [0.25, 0.3) is 0 Å². The number of hydrogen-bond acceptors (Lipinski definition) is 6. The highest BCUT2D eigenvalue weighted by Gasteiger charge is 2.34. The van der Waals surface area contributed by atoms with E-state index in [2.05, 4.69) is 5.32 Å². The van der Waals surface area contributed by atoms with Gasteiger partial charge in [0.25, 0.3) is 5.91 Å². The van der Waals surface area contributed by atoms with Crippen LogP contribution in [-0.2, 0) is 19.1 Å². The fourth-order valence-corrected chi connectivity index (χ4v) is 4.59. The molecule has 0 aromatic heterocycles. The second-order valence-corrected chi connectivity index (χ2v) is 8.64. The summed E-state index contributed by atoms with van der Waals surface area (Å²) in [5.74, 6) is 0.436. The second kappa shape index (κ2) is 9.72. The lowest BCUT2D eigenvalue weighted by Gasteiger charge is -2.38. The molecule has 0 saturated carbocycles. The summed E-state index contributed by atoms with van der Waals surface area (Å²) in [6.45, 7) is 3.22. The van der Waals surface area contributed by atoms with Gasteiger partial charge in [-0.25, -0.2) is 0 Å². The summed E-state index contributed by atoms with van der Waals surface area (Å²) in [6, 6.07) is 14.7. The molecule has 3 aliphatic heterocycles. The van der Waals surface area contributed by atoms with Crippen molar-refractivity contribution in [3.05, 3.63) is 48.5 Å². The van der Waals surface area contributed by atoms with E-state index in [0.29, 0.717) is 44.2 Å². The summed E-state index contributed by atoms with van der Waals surface area (Å²) in [6.07, 6.45) is 0.764. The van der Waals surface area contributed by atoms with E-state index in [1.807, 2.05) is 41.3 Å². The average molecular weight is 465 g/mol. The van der Waals surface area contributed by atoms with Crippen LogP contribution in [0.4, 0.5) is 17.1 Å². The molecule has 1 N–H and O–H groups in total. The monoisotopic (exact) mass is 464 g/mol. The first-order chi connectivity index (χ1) is 16.6. The molecule has 0 aliphatic carbocycles. The first kappa shape index (κ1) is 22.2. The number of carbonyl (C=O) groups is 3. The average Bonchev–Trinajstić information content (AvgIpc) is 3.30. The van der Waals surface area contributed by atoms with Crippen LogP contribution in [0.15, 0.2) is 48.5 Å². The van der Waals surface area contributed by atoms with Crippen molar-refractivity contribution in [1.29, 1.82) is 0 Å². The topological polar surface area (TPSA) is 91.4 Å². The van der Waals surface area contributed by atoms with Crippen LogP contribution < -0.4 is 19.9 Å². The van der Waals surface area contributed by atoms with E-state index in [-0.39, 0.29) is 30.8 Å². The van der Waals surface area contributed by atoms with E-state index in [0.717, 1.165) is 24.3 Å². The minimum absolute atomic E-state index is 0.0830. The summed E-state index contributed by atoms with van der Waals surface area (Å²) in [5, 5.41) is 2.92. The van der Waals surface area contributed by atoms with E-state index in [1.54, 1.807) is 21.9 Å². The Balaban J connectivity index is 1.25. The van der Waals surface area contributed by atoms with Gasteiger partial charge in [0.15, 0.2) is 6.10 Å². The third-order valence-corrected chi connectivity index (χ3v) is 6.33. The van der Waals surface area contributed by atoms with Crippen molar-refractivity contribution in [3.8, 4) is 5.75 Å². The molecule has 0 spiro atoms. The highest BCUT2D eigenvalue weighted by Crippen LogP contribution is 2.33. The molecule has 1 atom stereocenters. The number of amides is 3. The van der Waals surface area contributed by atoms with Crippen molar-refractivity contribution in [2.45, 2.75) is 18.9 Å².